The summed E-state index contributed by atoms with van der Waals surface area (Å²) in [4.78, 5) is 4.28. The van der Waals surface area contributed by atoms with E-state index in [1.807, 2.05) is 24.3 Å². The second kappa shape index (κ2) is 8.76. The Labute approximate surface area is 190 Å². The molecule has 0 saturated carbocycles. The van der Waals surface area contributed by atoms with Crippen LogP contribution in [0.25, 0.3) is 22.0 Å². The van der Waals surface area contributed by atoms with Gasteiger partial charge in [-0.25, -0.2) is 12.8 Å². The van der Waals surface area contributed by atoms with E-state index in [-0.39, 0.29) is 16.4 Å². The maximum atomic E-state index is 14.1. The van der Waals surface area contributed by atoms with Gasteiger partial charge in [0.25, 0.3) is 0 Å². The number of hydrogen-bond donors (Lipinski definition) is 0. The molecule has 4 rings (SSSR count). The van der Waals surface area contributed by atoms with Crippen molar-refractivity contribution >= 4 is 32.3 Å². The van der Waals surface area contributed by atoms with Crippen molar-refractivity contribution in [2.45, 2.75) is 11.8 Å². The standard InChI is InChI=1S/C24H19ClFNO4S/c1-3-32(28,29)18-12-15(26)11-17(13-18)31-16-7-8-22(25)21(14-16)19-9-10-27-24-20(19)5-4-6-23(24)30-2/h4-14H,3H2,1-2H3. The molecular formula is C24H19ClFNO4S. The van der Waals surface area contributed by atoms with Crippen molar-refractivity contribution in [3.8, 4) is 28.4 Å². The summed E-state index contributed by atoms with van der Waals surface area (Å²) in [5.41, 5.74) is 2.19. The van der Waals surface area contributed by atoms with E-state index in [1.165, 1.54) is 13.0 Å². The molecule has 0 spiro atoms. The van der Waals surface area contributed by atoms with Crippen molar-refractivity contribution in [1.82, 2.24) is 4.98 Å². The van der Waals surface area contributed by atoms with Crippen LogP contribution in [0.4, 0.5) is 4.39 Å². The summed E-state index contributed by atoms with van der Waals surface area (Å²) in [7, 11) is -2.00. The van der Waals surface area contributed by atoms with E-state index in [9.17, 15) is 12.8 Å². The van der Waals surface area contributed by atoms with E-state index in [2.05, 4.69) is 4.98 Å². The quantitative estimate of drug-likeness (QED) is 0.330. The van der Waals surface area contributed by atoms with Crippen LogP contribution in [0.3, 0.4) is 0 Å². The normalized spacial score (nSPS) is 11.5. The number of nitrogens with zero attached hydrogens (tertiary/aromatic N) is 1. The first-order valence-electron chi connectivity index (χ1n) is 9.75. The van der Waals surface area contributed by atoms with Crippen LogP contribution in [0.2, 0.25) is 5.02 Å². The highest BCUT2D eigenvalue weighted by molar-refractivity contribution is 7.91. The fraction of sp³-hybridized carbons (Fsp3) is 0.125. The second-order valence-electron chi connectivity index (χ2n) is 6.98. The Bertz CT molecular complexity index is 1420. The first kappa shape index (κ1) is 22.0. The molecule has 0 aliphatic heterocycles. The van der Waals surface area contributed by atoms with Crippen LogP contribution in [-0.2, 0) is 9.84 Å². The summed E-state index contributed by atoms with van der Waals surface area (Å²) >= 11 is 6.49. The molecule has 0 atom stereocenters. The van der Waals surface area contributed by atoms with Gasteiger partial charge in [0.05, 0.1) is 17.8 Å². The molecule has 3 aromatic carbocycles. The Balaban J connectivity index is 1.78. The Kier molecular flexibility index (Phi) is 6.04. The van der Waals surface area contributed by atoms with Crippen LogP contribution in [-0.4, -0.2) is 26.3 Å². The van der Waals surface area contributed by atoms with Gasteiger partial charge < -0.3 is 9.47 Å². The highest BCUT2D eigenvalue weighted by atomic mass is 35.5. The van der Waals surface area contributed by atoms with Crippen molar-refractivity contribution in [1.29, 1.82) is 0 Å². The molecule has 0 N–H and O–H groups in total. The summed E-state index contributed by atoms with van der Waals surface area (Å²) in [5.74, 6) is 0.252. The smallest absolute Gasteiger partial charge is 0.178 e. The van der Waals surface area contributed by atoms with Gasteiger partial charge in [0.2, 0.25) is 0 Å². The molecule has 0 radical (unpaired) electrons. The average molecular weight is 472 g/mol. The molecule has 0 bridgehead atoms. The van der Waals surface area contributed by atoms with Gasteiger partial charge in [-0.2, -0.15) is 0 Å². The summed E-state index contributed by atoms with van der Waals surface area (Å²) in [6, 6.07) is 15.9. The summed E-state index contributed by atoms with van der Waals surface area (Å²) in [6.45, 7) is 1.50. The van der Waals surface area contributed by atoms with Crippen LogP contribution < -0.4 is 9.47 Å². The number of methoxy groups -OCH3 is 1. The minimum atomic E-state index is -3.58. The first-order valence-corrected chi connectivity index (χ1v) is 11.8. The maximum absolute atomic E-state index is 14.1. The molecule has 0 saturated heterocycles. The zero-order chi connectivity index (χ0) is 22.9. The van der Waals surface area contributed by atoms with Gasteiger partial charge in [-0.3, -0.25) is 4.98 Å². The van der Waals surface area contributed by atoms with Gasteiger partial charge in [0, 0.05) is 28.2 Å². The fourth-order valence-electron chi connectivity index (χ4n) is 3.40. The van der Waals surface area contributed by atoms with E-state index in [0.29, 0.717) is 27.6 Å². The summed E-state index contributed by atoms with van der Waals surface area (Å²) < 4.78 is 49.6. The number of hydrogen-bond acceptors (Lipinski definition) is 5. The zero-order valence-corrected chi connectivity index (χ0v) is 18.9. The van der Waals surface area contributed by atoms with Crippen molar-refractivity contribution < 1.29 is 22.3 Å². The van der Waals surface area contributed by atoms with Crippen molar-refractivity contribution in [2.24, 2.45) is 0 Å². The number of fused-ring (bicyclic) bond motifs is 1. The first-order chi connectivity index (χ1) is 15.3. The number of halogens is 2. The van der Waals surface area contributed by atoms with Crippen molar-refractivity contribution in [2.75, 3.05) is 12.9 Å². The van der Waals surface area contributed by atoms with Gasteiger partial charge in [-0.1, -0.05) is 30.7 Å². The molecule has 1 aromatic heterocycles. The lowest BCUT2D eigenvalue weighted by Gasteiger charge is -2.13. The minimum absolute atomic E-state index is 0.0755. The van der Waals surface area contributed by atoms with Crippen LogP contribution in [0, 0.1) is 5.82 Å². The van der Waals surface area contributed by atoms with Gasteiger partial charge >= 0.3 is 0 Å². The molecule has 0 fully saturated rings. The number of ether oxygens (including phenoxy) is 2. The highest BCUT2D eigenvalue weighted by Gasteiger charge is 2.16. The third-order valence-corrected chi connectivity index (χ3v) is 7.05. The molecule has 1 heterocycles. The Morgan fingerprint density at radius 1 is 1.00 bits per heavy atom. The largest absolute Gasteiger partial charge is 0.494 e. The number of benzene rings is 3. The molecule has 0 aliphatic carbocycles. The monoisotopic (exact) mass is 471 g/mol. The van der Waals surface area contributed by atoms with Crippen LogP contribution >= 0.6 is 11.6 Å². The molecule has 4 aromatic rings. The predicted octanol–water partition coefficient (Wildman–Crippen LogP) is 6.29. The van der Waals surface area contributed by atoms with E-state index in [4.69, 9.17) is 21.1 Å². The number of para-hydroxylation sites is 1. The average Bonchev–Trinajstić information content (AvgIpc) is 2.79. The fourth-order valence-corrected chi connectivity index (χ4v) is 4.54. The molecule has 8 heteroatoms. The van der Waals surface area contributed by atoms with Crippen LogP contribution in [0.5, 0.6) is 17.2 Å². The van der Waals surface area contributed by atoms with E-state index < -0.39 is 15.7 Å². The van der Waals surface area contributed by atoms with Gasteiger partial charge in [-0.15, -0.1) is 0 Å². The van der Waals surface area contributed by atoms with Crippen LogP contribution in [0.1, 0.15) is 6.92 Å². The summed E-state index contributed by atoms with van der Waals surface area (Å²) in [5, 5.41) is 1.33. The van der Waals surface area contributed by atoms with Gasteiger partial charge in [0.15, 0.2) is 9.84 Å². The Morgan fingerprint density at radius 2 is 1.81 bits per heavy atom. The molecule has 32 heavy (non-hydrogen) atoms. The molecule has 5 nitrogen and oxygen atoms in total. The number of rotatable bonds is 6. The highest BCUT2D eigenvalue weighted by Crippen LogP contribution is 2.38. The lowest BCUT2D eigenvalue weighted by molar-refractivity contribution is 0.419. The predicted molar refractivity (Wildman–Crippen MR) is 123 cm³/mol. The van der Waals surface area contributed by atoms with E-state index in [1.54, 1.807) is 31.5 Å². The number of sulfone groups is 1. The SMILES string of the molecule is CCS(=O)(=O)c1cc(F)cc(Oc2ccc(Cl)c(-c3ccnc4c(OC)cccc34)c2)c1. The van der Waals surface area contributed by atoms with Gasteiger partial charge in [0.1, 0.15) is 28.6 Å². The summed E-state index contributed by atoms with van der Waals surface area (Å²) in [6.07, 6.45) is 1.67. The lowest BCUT2D eigenvalue weighted by Crippen LogP contribution is -2.04. The Morgan fingerprint density at radius 3 is 2.56 bits per heavy atom. The third kappa shape index (κ3) is 4.26. The number of aromatic nitrogens is 1. The minimum Gasteiger partial charge on any atom is -0.494 e. The Hall–Kier alpha value is -3.16. The molecule has 0 amide bonds. The zero-order valence-electron chi connectivity index (χ0n) is 17.3. The van der Waals surface area contributed by atoms with Crippen molar-refractivity contribution in [3.05, 3.63) is 77.7 Å². The topological polar surface area (TPSA) is 65.5 Å². The van der Waals surface area contributed by atoms with E-state index >= 15 is 0 Å². The lowest BCUT2D eigenvalue weighted by atomic mass is 10.0. The molecule has 0 unspecified atom stereocenters. The second-order valence-corrected chi connectivity index (χ2v) is 9.67. The maximum Gasteiger partial charge on any atom is 0.178 e. The molecular weight excluding hydrogens is 453 g/mol. The number of pyridine rings is 1. The molecule has 164 valence electrons. The van der Waals surface area contributed by atoms with Crippen LogP contribution in [0.15, 0.2) is 71.8 Å². The van der Waals surface area contributed by atoms with E-state index in [0.717, 1.165) is 23.1 Å². The van der Waals surface area contributed by atoms with Gasteiger partial charge in [-0.05, 0) is 48.0 Å². The third-order valence-electron chi connectivity index (χ3n) is 5.00. The van der Waals surface area contributed by atoms with Crippen molar-refractivity contribution in [3.63, 3.8) is 0 Å². The molecule has 0 aliphatic rings.